The summed E-state index contributed by atoms with van der Waals surface area (Å²) in [6, 6.07) is 8.38. The maximum Gasteiger partial charge on any atom is 0.303 e. The van der Waals surface area contributed by atoms with E-state index in [0.717, 1.165) is 5.06 Å². The molecule has 6 nitrogen and oxygen atoms in total. The van der Waals surface area contributed by atoms with Crippen LogP contribution in [0.4, 0.5) is 0 Å². The summed E-state index contributed by atoms with van der Waals surface area (Å²) in [6.07, 6.45) is -0.121. The molecule has 2 N–H and O–H groups in total. The zero-order chi connectivity index (χ0) is 16.1. The predicted octanol–water partition coefficient (Wildman–Crippen LogP) is 1.89. The predicted molar refractivity (Wildman–Crippen MR) is 75.9 cm³/mol. The lowest BCUT2D eigenvalue weighted by molar-refractivity contribution is -0.313. The van der Waals surface area contributed by atoms with E-state index in [-0.39, 0.29) is 12.8 Å². The van der Waals surface area contributed by atoms with Crippen LogP contribution in [0.3, 0.4) is 0 Å². The average Bonchev–Trinajstić information content (AvgIpc) is 2.42. The number of carbonyl (C=O) groups excluding carboxylic acids is 1. The molecule has 1 unspecified atom stereocenters. The number of aliphatic carboxylic acids is 1. The molecule has 0 aliphatic rings. The number of hydrogen-bond donors (Lipinski definition) is 2. The zero-order valence-electron chi connectivity index (χ0n) is 12.4. The van der Waals surface area contributed by atoms with Gasteiger partial charge >= 0.3 is 5.97 Å². The molecule has 1 aromatic rings. The van der Waals surface area contributed by atoms with Crippen LogP contribution in [0, 0.1) is 0 Å². The van der Waals surface area contributed by atoms with E-state index in [4.69, 9.17) is 9.94 Å². The molecular formula is C15H21NO5. The fraction of sp³-hybridized carbons (Fsp3) is 0.467. The van der Waals surface area contributed by atoms with E-state index in [1.807, 2.05) is 0 Å². The van der Waals surface area contributed by atoms with Gasteiger partial charge in [0.2, 0.25) is 6.41 Å². The first-order chi connectivity index (χ1) is 9.69. The van der Waals surface area contributed by atoms with Crippen molar-refractivity contribution in [3.05, 3.63) is 35.9 Å². The molecule has 0 saturated heterocycles. The molecule has 1 aromatic carbocycles. The fourth-order valence-corrected chi connectivity index (χ4v) is 1.85. The quantitative estimate of drug-likeness (QED) is 0.455. The van der Waals surface area contributed by atoms with Crippen molar-refractivity contribution in [3.8, 4) is 0 Å². The molecule has 1 amide bonds. The number of carboxylic acids is 1. The number of rotatable bonds is 7. The minimum atomic E-state index is -1.84. The Morgan fingerprint density at radius 1 is 1.29 bits per heavy atom. The Morgan fingerprint density at radius 2 is 1.86 bits per heavy atom. The number of hydrogen-bond acceptors (Lipinski definition) is 4. The number of benzene rings is 1. The van der Waals surface area contributed by atoms with Gasteiger partial charge in [-0.25, -0.2) is 0 Å². The highest BCUT2D eigenvalue weighted by molar-refractivity contribution is 5.67. The zero-order valence-corrected chi connectivity index (χ0v) is 12.4. The van der Waals surface area contributed by atoms with Crippen molar-refractivity contribution in [3.63, 3.8) is 0 Å². The van der Waals surface area contributed by atoms with Crippen molar-refractivity contribution in [2.45, 2.75) is 44.9 Å². The molecular weight excluding hydrogens is 274 g/mol. The highest BCUT2D eigenvalue weighted by atomic mass is 16.7. The lowest BCUT2D eigenvalue weighted by atomic mass is 9.97. The summed E-state index contributed by atoms with van der Waals surface area (Å²) in [7, 11) is 0. The smallest absolute Gasteiger partial charge is 0.303 e. The monoisotopic (exact) mass is 295 g/mol. The second kappa shape index (κ2) is 6.69. The Labute approximate surface area is 123 Å². The van der Waals surface area contributed by atoms with Crippen molar-refractivity contribution in [1.29, 1.82) is 0 Å². The molecule has 6 heteroatoms. The Bertz CT molecular complexity index is 483. The summed E-state index contributed by atoms with van der Waals surface area (Å²) >= 11 is 0. The van der Waals surface area contributed by atoms with Crippen LogP contribution < -0.4 is 0 Å². The standard InChI is InChI=1S/C15H21NO5/c1-14(2,3)21-16(11-17)15(20,10-9-13(18)19)12-7-5-4-6-8-12/h4-8,11,20H,9-10H2,1-3H3,(H,18,19). The van der Waals surface area contributed by atoms with Crippen LogP contribution in [0.5, 0.6) is 0 Å². The lowest BCUT2D eigenvalue weighted by Crippen LogP contribution is -2.49. The van der Waals surface area contributed by atoms with Crippen molar-refractivity contribution >= 4 is 12.4 Å². The molecule has 0 spiro atoms. The topological polar surface area (TPSA) is 87.1 Å². The molecule has 1 atom stereocenters. The van der Waals surface area contributed by atoms with Gasteiger partial charge < -0.3 is 10.2 Å². The van der Waals surface area contributed by atoms with Crippen molar-refractivity contribution in [2.75, 3.05) is 0 Å². The van der Waals surface area contributed by atoms with Gasteiger partial charge in [-0.2, -0.15) is 5.06 Å². The molecule has 1 rings (SSSR count). The van der Waals surface area contributed by atoms with E-state index in [2.05, 4.69) is 0 Å². The summed E-state index contributed by atoms with van der Waals surface area (Å²) in [5.41, 5.74) is -2.16. The van der Waals surface area contributed by atoms with Crippen LogP contribution in [-0.4, -0.2) is 33.3 Å². The highest BCUT2D eigenvalue weighted by Gasteiger charge is 2.39. The Kier molecular flexibility index (Phi) is 5.46. The number of hydroxylamine groups is 2. The number of nitrogens with zero attached hydrogens (tertiary/aromatic N) is 1. The van der Waals surface area contributed by atoms with Gasteiger partial charge in [-0.05, 0) is 20.8 Å². The average molecular weight is 295 g/mol. The molecule has 0 aromatic heterocycles. The van der Waals surface area contributed by atoms with E-state index >= 15 is 0 Å². The van der Waals surface area contributed by atoms with Crippen molar-refractivity contribution in [1.82, 2.24) is 5.06 Å². The van der Waals surface area contributed by atoms with E-state index in [1.54, 1.807) is 51.1 Å². The second-order valence-electron chi connectivity index (χ2n) is 5.71. The van der Waals surface area contributed by atoms with Crippen molar-refractivity contribution in [2.24, 2.45) is 0 Å². The highest BCUT2D eigenvalue weighted by Crippen LogP contribution is 2.32. The maximum atomic E-state index is 11.3. The first kappa shape index (κ1) is 17.1. The van der Waals surface area contributed by atoms with Gasteiger partial charge in [0.05, 0.1) is 12.0 Å². The van der Waals surface area contributed by atoms with Crippen LogP contribution in [0.25, 0.3) is 0 Å². The molecule has 0 radical (unpaired) electrons. The fourth-order valence-electron chi connectivity index (χ4n) is 1.85. The van der Waals surface area contributed by atoms with Gasteiger partial charge in [-0.3, -0.25) is 14.4 Å². The molecule has 0 saturated carbocycles. The number of aliphatic hydroxyl groups is 1. The van der Waals surface area contributed by atoms with Gasteiger partial charge in [0, 0.05) is 12.0 Å². The molecule has 0 bridgehead atoms. The first-order valence-electron chi connectivity index (χ1n) is 6.62. The van der Waals surface area contributed by atoms with Crippen LogP contribution >= 0.6 is 0 Å². The van der Waals surface area contributed by atoms with Gasteiger partial charge in [0.25, 0.3) is 0 Å². The third-order valence-electron chi connectivity index (χ3n) is 2.76. The van der Waals surface area contributed by atoms with E-state index in [1.165, 1.54) is 0 Å². The number of carbonyl (C=O) groups is 2. The van der Waals surface area contributed by atoms with Crippen LogP contribution in [0.1, 0.15) is 39.2 Å². The van der Waals surface area contributed by atoms with Crippen LogP contribution in [0.15, 0.2) is 30.3 Å². The van der Waals surface area contributed by atoms with Crippen LogP contribution in [0.2, 0.25) is 0 Å². The third kappa shape index (κ3) is 4.84. The summed E-state index contributed by atoms with van der Waals surface area (Å²) in [6.45, 7) is 5.18. The largest absolute Gasteiger partial charge is 0.481 e. The number of carboxylic acid groups (broad SMARTS) is 1. The van der Waals surface area contributed by atoms with E-state index in [0.29, 0.717) is 12.0 Å². The maximum absolute atomic E-state index is 11.3. The Balaban J connectivity index is 3.16. The summed E-state index contributed by atoms with van der Waals surface area (Å²) in [5, 5.41) is 20.5. The summed E-state index contributed by atoms with van der Waals surface area (Å²) < 4.78 is 0. The molecule has 0 aliphatic heterocycles. The molecule has 0 heterocycles. The second-order valence-corrected chi connectivity index (χ2v) is 5.71. The molecule has 116 valence electrons. The van der Waals surface area contributed by atoms with E-state index < -0.39 is 17.3 Å². The molecule has 21 heavy (non-hydrogen) atoms. The minimum Gasteiger partial charge on any atom is -0.481 e. The van der Waals surface area contributed by atoms with Gasteiger partial charge in [0.15, 0.2) is 5.72 Å². The minimum absolute atomic E-state index is 0.179. The molecule has 0 aliphatic carbocycles. The normalized spacial score (nSPS) is 14.3. The lowest BCUT2D eigenvalue weighted by Gasteiger charge is -2.39. The summed E-state index contributed by atoms with van der Waals surface area (Å²) in [5.74, 6) is -1.06. The SMILES string of the molecule is CC(C)(C)ON(C=O)C(O)(CCC(=O)O)c1ccccc1. The number of amides is 1. The van der Waals surface area contributed by atoms with Gasteiger partial charge in [-0.1, -0.05) is 30.3 Å². The Morgan fingerprint density at radius 3 is 2.29 bits per heavy atom. The summed E-state index contributed by atoms with van der Waals surface area (Å²) in [4.78, 5) is 27.6. The van der Waals surface area contributed by atoms with Crippen molar-refractivity contribution < 1.29 is 24.6 Å². The Hall–Kier alpha value is -1.92. The van der Waals surface area contributed by atoms with Gasteiger partial charge in [-0.15, -0.1) is 0 Å². The molecule has 0 fully saturated rings. The van der Waals surface area contributed by atoms with Gasteiger partial charge in [0.1, 0.15) is 0 Å². The van der Waals surface area contributed by atoms with Crippen LogP contribution in [-0.2, 0) is 20.2 Å². The van der Waals surface area contributed by atoms with E-state index in [9.17, 15) is 14.7 Å². The first-order valence-corrected chi connectivity index (χ1v) is 6.62. The third-order valence-corrected chi connectivity index (χ3v) is 2.76.